The second kappa shape index (κ2) is 7.41. The fraction of sp³-hybridized carbons (Fsp3) is 0.300. The van der Waals surface area contributed by atoms with Crippen LogP contribution in [0.4, 0.5) is 0 Å². The summed E-state index contributed by atoms with van der Waals surface area (Å²) in [6.07, 6.45) is 1.62. The Kier molecular flexibility index (Phi) is 5.06. The minimum atomic E-state index is 0.133. The van der Waals surface area contributed by atoms with Gasteiger partial charge in [0.1, 0.15) is 12.2 Å². The molecule has 0 saturated heterocycles. The van der Waals surface area contributed by atoms with Crippen LogP contribution in [0, 0.1) is 13.8 Å². The minimum absolute atomic E-state index is 0.133. The third kappa shape index (κ3) is 3.54. The first kappa shape index (κ1) is 16.4. The lowest BCUT2D eigenvalue weighted by Crippen LogP contribution is -2.25. The molecule has 0 saturated carbocycles. The zero-order valence-corrected chi connectivity index (χ0v) is 14.5. The summed E-state index contributed by atoms with van der Waals surface area (Å²) >= 11 is 0. The summed E-state index contributed by atoms with van der Waals surface area (Å²) in [6.45, 7) is 7.90. The summed E-state index contributed by atoms with van der Waals surface area (Å²) in [4.78, 5) is 4.38. The van der Waals surface area contributed by atoms with Crippen LogP contribution in [0.15, 0.2) is 54.9 Å². The third-order valence-corrected chi connectivity index (χ3v) is 4.34. The molecular formula is C20H24N4. The van der Waals surface area contributed by atoms with Crippen molar-refractivity contribution in [2.75, 3.05) is 0 Å². The Labute approximate surface area is 143 Å². The van der Waals surface area contributed by atoms with Crippen molar-refractivity contribution in [2.45, 2.75) is 39.9 Å². The first-order valence-electron chi connectivity index (χ1n) is 8.41. The van der Waals surface area contributed by atoms with Gasteiger partial charge in [0, 0.05) is 6.54 Å². The van der Waals surface area contributed by atoms with Crippen molar-refractivity contribution >= 4 is 0 Å². The molecular weight excluding hydrogens is 296 g/mol. The highest BCUT2D eigenvalue weighted by Crippen LogP contribution is 2.26. The van der Waals surface area contributed by atoms with Crippen LogP contribution in [0.5, 0.6) is 0 Å². The summed E-state index contributed by atoms with van der Waals surface area (Å²) in [5.41, 5.74) is 5.13. The Morgan fingerprint density at radius 1 is 1.08 bits per heavy atom. The number of hydrogen-bond donors (Lipinski definition) is 1. The second-order valence-corrected chi connectivity index (χ2v) is 6.08. The summed E-state index contributed by atoms with van der Waals surface area (Å²) in [5.74, 6) is 0.962. The molecule has 124 valence electrons. The van der Waals surface area contributed by atoms with Gasteiger partial charge in [-0.25, -0.2) is 9.67 Å². The standard InChI is InChI=1S/C20H24N4/c1-4-24-19(22-14-23-24)13-21-20(17-8-6-5-7-9-17)18-12-15(2)10-11-16(18)3/h5-12,14,20-21H,4,13H2,1-3H3/t20-/m1/s1. The first-order valence-corrected chi connectivity index (χ1v) is 8.41. The molecule has 0 aliphatic rings. The van der Waals surface area contributed by atoms with E-state index in [4.69, 9.17) is 0 Å². The van der Waals surface area contributed by atoms with Gasteiger partial charge in [-0.15, -0.1) is 0 Å². The average molecular weight is 320 g/mol. The number of rotatable bonds is 6. The smallest absolute Gasteiger partial charge is 0.140 e. The predicted octanol–water partition coefficient (Wildman–Crippen LogP) is 3.79. The third-order valence-electron chi connectivity index (χ3n) is 4.34. The predicted molar refractivity (Wildman–Crippen MR) is 96.7 cm³/mol. The van der Waals surface area contributed by atoms with Crippen molar-refractivity contribution in [3.05, 3.63) is 82.9 Å². The van der Waals surface area contributed by atoms with E-state index in [9.17, 15) is 0 Å². The normalized spacial score (nSPS) is 12.3. The van der Waals surface area contributed by atoms with Crippen molar-refractivity contribution in [1.82, 2.24) is 20.1 Å². The average Bonchev–Trinajstić information content (AvgIpc) is 3.06. The molecule has 0 radical (unpaired) electrons. The molecule has 0 spiro atoms. The molecule has 2 aromatic carbocycles. The van der Waals surface area contributed by atoms with Crippen LogP contribution < -0.4 is 5.32 Å². The van der Waals surface area contributed by atoms with E-state index in [1.54, 1.807) is 6.33 Å². The quantitative estimate of drug-likeness (QED) is 0.751. The lowest BCUT2D eigenvalue weighted by molar-refractivity contribution is 0.539. The molecule has 0 bridgehead atoms. The van der Waals surface area contributed by atoms with Crippen molar-refractivity contribution in [3.63, 3.8) is 0 Å². The van der Waals surface area contributed by atoms with Gasteiger partial charge < -0.3 is 0 Å². The number of hydrogen-bond acceptors (Lipinski definition) is 3. The van der Waals surface area contributed by atoms with Crippen LogP contribution in [0.2, 0.25) is 0 Å². The summed E-state index contributed by atoms with van der Waals surface area (Å²) in [5, 5.41) is 7.93. The van der Waals surface area contributed by atoms with E-state index >= 15 is 0 Å². The summed E-state index contributed by atoms with van der Waals surface area (Å²) in [6, 6.07) is 17.3. The van der Waals surface area contributed by atoms with Crippen molar-refractivity contribution < 1.29 is 0 Å². The molecule has 3 rings (SSSR count). The minimum Gasteiger partial charge on any atom is -0.299 e. The molecule has 4 nitrogen and oxygen atoms in total. The molecule has 0 unspecified atom stereocenters. The van der Waals surface area contributed by atoms with Gasteiger partial charge >= 0.3 is 0 Å². The molecule has 0 amide bonds. The zero-order chi connectivity index (χ0) is 16.9. The van der Waals surface area contributed by atoms with E-state index in [1.165, 1.54) is 22.3 Å². The van der Waals surface area contributed by atoms with Gasteiger partial charge in [0.2, 0.25) is 0 Å². The van der Waals surface area contributed by atoms with E-state index in [0.29, 0.717) is 6.54 Å². The van der Waals surface area contributed by atoms with E-state index in [-0.39, 0.29) is 6.04 Å². The SMILES string of the molecule is CCn1ncnc1CN[C@H](c1ccccc1)c1cc(C)ccc1C. The van der Waals surface area contributed by atoms with Gasteiger partial charge in [-0.1, -0.05) is 54.1 Å². The maximum atomic E-state index is 4.38. The van der Waals surface area contributed by atoms with Gasteiger partial charge in [0.25, 0.3) is 0 Å². The molecule has 1 aromatic heterocycles. The molecule has 1 N–H and O–H groups in total. The molecule has 4 heteroatoms. The Hall–Kier alpha value is -2.46. The number of nitrogens with zero attached hydrogens (tertiary/aromatic N) is 3. The van der Waals surface area contributed by atoms with Crippen molar-refractivity contribution in [2.24, 2.45) is 0 Å². The van der Waals surface area contributed by atoms with Crippen LogP contribution in [-0.4, -0.2) is 14.8 Å². The molecule has 0 fully saturated rings. The second-order valence-electron chi connectivity index (χ2n) is 6.08. The fourth-order valence-corrected chi connectivity index (χ4v) is 3.01. The lowest BCUT2D eigenvalue weighted by atomic mass is 9.93. The van der Waals surface area contributed by atoms with Gasteiger partial charge in [-0.3, -0.25) is 5.32 Å². The number of benzene rings is 2. The Morgan fingerprint density at radius 3 is 2.62 bits per heavy atom. The number of nitrogens with one attached hydrogen (secondary N) is 1. The molecule has 1 heterocycles. The molecule has 24 heavy (non-hydrogen) atoms. The maximum absolute atomic E-state index is 4.38. The fourth-order valence-electron chi connectivity index (χ4n) is 3.01. The van der Waals surface area contributed by atoms with Crippen LogP contribution in [-0.2, 0) is 13.1 Å². The molecule has 3 aromatic rings. The number of aryl methyl sites for hydroxylation is 3. The highest BCUT2D eigenvalue weighted by molar-refractivity contribution is 5.39. The van der Waals surface area contributed by atoms with Crippen LogP contribution in [0.3, 0.4) is 0 Å². The van der Waals surface area contributed by atoms with E-state index < -0.39 is 0 Å². The summed E-state index contributed by atoms with van der Waals surface area (Å²) in [7, 11) is 0. The highest BCUT2D eigenvalue weighted by Gasteiger charge is 2.17. The molecule has 0 aliphatic heterocycles. The monoisotopic (exact) mass is 320 g/mol. The Balaban J connectivity index is 1.92. The molecule has 0 aliphatic carbocycles. The molecule has 1 atom stereocenters. The van der Waals surface area contributed by atoms with E-state index in [2.05, 4.69) is 84.7 Å². The van der Waals surface area contributed by atoms with Gasteiger partial charge in [-0.05, 0) is 37.5 Å². The van der Waals surface area contributed by atoms with Crippen molar-refractivity contribution in [3.8, 4) is 0 Å². The van der Waals surface area contributed by atoms with E-state index in [1.807, 2.05) is 4.68 Å². The number of aromatic nitrogens is 3. The highest BCUT2D eigenvalue weighted by atomic mass is 15.3. The zero-order valence-electron chi connectivity index (χ0n) is 14.5. The first-order chi connectivity index (χ1) is 11.7. The largest absolute Gasteiger partial charge is 0.299 e. The Morgan fingerprint density at radius 2 is 1.88 bits per heavy atom. The summed E-state index contributed by atoms with van der Waals surface area (Å²) < 4.78 is 1.93. The van der Waals surface area contributed by atoms with E-state index in [0.717, 1.165) is 12.4 Å². The van der Waals surface area contributed by atoms with Gasteiger partial charge in [-0.2, -0.15) is 5.10 Å². The lowest BCUT2D eigenvalue weighted by Gasteiger charge is -2.22. The van der Waals surface area contributed by atoms with Gasteiger partial charge in [0.05, 0.1) is 12.6 Å². The van der Waals surface area contributed by atoms with Crippen LogP contribution in [0.1, 0.15) is 41.0 Å². The maximum Gasteiger partial charge on any atom is 0.140 e. The topological polar surface area (TPSA) is 42.7 Å². The van der Waals surface area contributed by atoms with Gasteiger partial charge in [0.15, 0.2) is 0 Å². The Bertz CT molecular complexity index is 792. The van der Waals surface area contributed by atoms with Crippen LogP contribution >= 0.6 is 0 Å². The van der Waals surface area contributed by atoms with Crippen LogP contribution in [0.25, 0.3) is 0 Å². The van der Waals surface area contributed by atoms with Crippen molar-refractivity contribution in [1.29, 1.82) is 0 Å².